The Bertz CT molecular complexity index is 1590. The number of aromatic amines is 2. The average Bonchev–Trinajstić information content (AvgIpc) is 3.75. The Labute approximate surface area is 255 Å². The number of likely N-dealkylation sites (tertiary alicyclic amines) is 2. The summed E-state index contributed by atoms with van der Waals surface area (Å²) in [5, 5.41) is 2.03. The van der Waals surface area contributed by atoms with Gasteiger partial charge in [-0.05, 0) is 74.2 Å². The van der Waals surface area contributed by atoms with E-state index in [4.69, 9.17) is 9.47 Å². The van der Waals surface area contributed by atoms with Crippen LogP contribution in [0.25, 0.3) is 21.8 Å². The molecule has 2 aliphatic rings. The van der Waals surface area contributed by atoms with Gasteiger partial charge in [-0.25, -0.2) is 18.4 Å². The lowest BCUT2D eigenvalue weighted by Crippen LogP contribution is -2.36. The Morgan fingerprint density at radius 1 is 0.773 bits per heavy atom. The lowest BCUT2D eigenvalue weighted by Gasteiger charge is -2.25. The van der Waals surface area contributed by atoms with Gasteiger partial charge >= 0.3 is 11.9 Å². The molecule has 2 atom stereocenters. The summed E-state index contributed by atoms with van der Waals surface area (Å²) in [7, 11) is 0. The Kier molecular flexibility index (Phi) is 8.30. The van der Waals surface area contributed by atoms with E-state index in [0.717, 1.165) is 84.1 Å². The average molecular weight is 605 g/mol. The maximum absolute atomic E-state index is 13.5. The third-order valence-corrected chi connectivity index (χ3v) is 8.93. The molecule has 2 aromatic heterocycles. The molecule has 44 heavy (non-hydrogen) atoms. The van der Waals surface area contributed by atoms with Crippen molar-refractivity contribution in [3.05, 3.63) is 83.7 Å². The van der Waals surface area contributed by atoms with Gasteiger partial charge in [-0.1, -0.05) is 0 Å². The number of ether oxygens (including phenoxy) is 2. The molecule has 2 fully saturated rings. The minimum Gasteiger partial charge on any atom is -0.455 e. The molecule has 4 heterocycles. The number of aromatic nitrogens is 2. The second-order valence-electron chi connectivity index (χ2n) is 12.6. The van der Waals surface area contributed by atoms with Crippen LogP contribution in [0.5, 0.6) is 0 Å². The first kappa shape index (κ1) is 30.0. The lowest BCUT2D eigenvalue weighted by molar-refractivity contribution is -0.153. The van der Waals surface area contributed by atoms with E-state index in [-0.39, 0.29) is 11.6 Å². The molecule has 0 bridgehead atoms. The van der Waals surface area contributed by atoms with Gasteiger partial charge in [0.1, 0.15) is 22.8 Å². The van der Waals surface area contributed by atoms with E-state index in [9.17, 15) is 18.4 Å². The summed E-state index contributed by atoms with van der Waals surface area (Å²) in [6, 6.07) is 9.52. The van der Waals surface area contributed by atoms with Gasteiger partial charge in [0.05, 0.1) is 0 Å². The molecule has 232 valence electrons. The number of fused-ring (bicyclic) bond motifs is 2. The largest absolute Gasteiger partial charge is 0.455 e. The third-order valence-electron chi connectivity index (χ3n) is 8.93. The molecule has 0 saturated carbocycles. The van der Waals surface area contributed by atoms with Gasteiger partial charge in [-0.3, -0.25) is 9.80 Å². The zero-order valence-electron chi connectivity index (χ0n) is 25.1. The van der Waals surface area contributed by atoms with E-state index in [1.165, 1.54) is 24.3 Å². The van der Waals surface area contributed by atoms with Crippen molar-refractivity contribution in [2.45, 2.75) is 50.7 Å². The van der Waals surface area contributed by atoms with E-state index in [2.05, 4.69) is 19.8 Å². The summed E-state index contributed by atoms with van der Waals surface area (Å²) in [5.74, 6) is -1.67. The molecule has 8 nitrogen and oxygen atoms in total. The number of rotatable bonds is 10. The number of H-pyrrole nitrogens is 2. The van der Waals surface area contributed by atoms with Crippen LogP contribution < -0.4 is 0 Å². The van der Waals surface area contributed by atoms with Crippen LogP contribution in [0.3, 0.4) is 0 Å². The summed E-state index contributed by atoms with van der Waals surface area (Å²) in [6.45, 7) is 8.17. The minimum absolute atomic E-state index is 0.265. The fourth-order valence-corrected chi connectivity index (χ4v) is 6.58. The number of halogens is 2. The van der Waals surface area contributed by atoms with E-state index < -0.39 is 23.1 Å². The number of carbonyl (C=O) groups is 2. The van der Waals surface area contributed by atoms with Crippen LogP contribution in [0.1, 0.15) is 37.8 Å². The number of hydrogen-bond donors (Lipinski definition) is 2. The van der Waals surface area contributed by atoms with E-state index in [1.807, 2.05) is 26.2 Å². The molecule has 2 saturated heterocycles. The molecule has 6 rings (SSSR count). The van der Waals surface area contributed by atoms with E-state index in [0.29, 0.717) is 25.9 Å². The van der Waals surface area contributed by atoms with Crippen molar-refractivity contribution in [3.8, 4) is 0 Å². The first-order valence-electron chi connectivity index (χ1n) is 15.2. The second-order valence-corrected chi connectivity index (χ2v) is 12.6. The molecule has 0 aliphatic carbocycles. The smallest absolute Gasteiger partial charge is 0.331 e. The number of carbonyl (C=O) groups excluding carboxylic acids is 2. The molecule has 0 spiro atoms. The van der Waals surface area contributed by atoms with Gasteiger partial charge in [0.15, 0.2) is 0 Å². The van der Waals surface area contributed by atoms with Crippen LogP contribution in [0, 0.1) is 11.6 Å². The van der Waals surface area contributed by atoms with Crippen molar-refractivity contribution in [2.24, 2.45) is 0 Å². The Hall–Kier alpha value is -4.02. The highest BCUT2D eigenvalue weighted by Crippen LogP contribution is 2.28. The standard InChI is InChI=1S/C34H38F2N4O4/c1-33(11-15-39(21-33)13-9-23-19-37-29-17-25(35)3-5-27(23)29)43-31(41)7-8-32(42)44-34(2)12-16-40(22-34)14-10-24-20-38-30-18-26(36)4-6-28(24)30/h3-8,17-20,37-38H,9-16,21-22H2,1-2H3/b8-7+. The molecule has 4 aromatic rings. The highest BCUT2D eigenvalue weighted by molar-refractivity contribution is 5.92. The van der Waals surface area contributed by atoms with Crippen molar-refractivity contribution >= 4 is 33.7 Å². The second kappa shape index (κ2) is 12.2. The minimum atomic E-state index is -0.647. The molecule has 2 N–H and O–H groups in total. The zero-order valence-corrected chi connectivity index (χ0v) is 25.1. The molecular weight excluding hydrogens is 566 g/mol. The molecule has 0 amide bonds. The molecule has 0 radical (unpaired) electrons. The summed E-state index contributed by atoms with van der Waals surface area (Å²) in [6.07, 6.45) is 9.11. The predicted molar refractivity (Wildman–Crippen MR) is 164 cm³/mol. The summed E-state index contributed by atoms with van der Waals surface area (Å²) in [4.78, 5) is 36.0. The van der Waals surface area contributed by atoms with Crippen LogP contribution in [0.2, 0.25) is 0 Å². The monoisotopic (exact) mass is 604 g/mol. The fourth-order valence-electron chi connectivity index (χ4n) is 6.58. The van der Waals surface area contributed by atoms with E-state index in [1.54, 1.807) is 12.1 Å². The third kappa shape index (κ3) is 6.87. The van der Waals surface area contributed by atoms with Crippen LogP contribution in [0.15, 0.2) is 60.9 Å². The SMILES string of the molecule is CC1(OC(=O)/C=C/C(=O)OC2(C)CCN(CCc3c[nH]c4cc(F)ccc34)C2)CCN(CCc2c[nH]c3cc(F)ccc23)C1. The van der Waals surface area contributed by atoms with Crippen LogP contribution in [0.4, 0.5) is 8.78 Å². The van der Waals surface area contributed by atoms with Crippen LogP contribution >= 0.6 is 0 Å². The van der Waals surface area contributed by atoms with Gasteiger partial charge in [0, 0.05) is 98.5 Å². The molecule has 2 aromatic carbocycles. The number of hydrogen-bond acceptors (Lipinski definition) is 6. The Balaban J connectivity index is 0.933. The van der Waals surface area contributed by atoms with Gasteiger partial charge in [-0.15, -0.1) is 0 Å². The number of nitrogens with zero attached hydrogens (tertiary/aromatic N) is 2. The maximum Gasteiger partial charge on any atom is 0.331 e. The predicted octanol–water partition coefficient (Wildman–Crippen LogP) is 5.28. The first-order chi connectivity index (χ1) is 21.1. The number of benzene rings is 2. The van der Waals surface area contributed by atoms with Gasteiger partial charge in [0.25, 0.3) is 0 Å². The zero-order chi connectivity index (χ0) is 30.9. The van der Waals surface area contributed by atoms with Crippen molar-refractivity contribution < 1.29 is 27.8 Å². The highest BCUT2D eigenvalue weighted by Gasteiger charge is 2.38. The molecule has 2 aliphatic heterocycles. The molecule has 10 heteroatoms. The lowest BCUT2D eigenvalue weighted by atomic mass is 10.1. The van der Waals surface area contributed by atoms with Gasteiger partial charge in [0.2, 0.25) is 0 Å². The fraction of sp³-hybridized carbons (Fsp3) is 0.412. The normalized spacial score (nSPS) is 22.9. The number of nitrogens with one attached hydrogen (secondary N) is 2. The molecular formula is C34H38F2N4O4. The van der Waals surface area contributed by atoms with Crippen molar-refractivity contribution in [1.82, 2.24) is 19.8 Å². The van der Waals surface area contributed by atoms with Crippen molar-refractivity contribution in [3.63, 3.8) is 0 Å². The summed E-state index contributed by atoms with van der Waals surface area (Å²) in [5.41, 5.74) is 2.52. The highest BCUT2D eigenvalue weighted by atomic mass is 19.1. The van der Waals surface area contributed by atoms with Gasteiger partial charge < -0.3 is 19.4 Å². The molecule has 2 unspecified atom stereocenters. The Morgan fingerprint density at radius 2 is 1.20 bits per heavy atom. The van der Waals surface area contributed by atoms with Crippen LogP contribution in [-0.4, -0.2) is 82.2 Å². The number of esters is 2. The van der Waals surface area contributed by atoms with Crippen LogP contribution in [-0.2, 0) is 31.9 Å². The quantitative estimate of drug-likeness (QED) is 0.189. The van der Waals surface area contributed by atoms with Gasteiger partial charge in [-0.2, -0.15) is 0 Å². The topological polar surface area (TPSA) is 90.7 Å². The summed E-state index contributed by atoms with van der Waals surface area (Å²) >= 11 is 0. The van der Waals surface area contributed by atoms with E-state index >= 15 is 0 Å². The maximum atomic E-state index is 13.5. The van der Waals surface area contributed by atoms with Crippen molar-refractivity contribution in [2.75, 3.05) is 39.3 Å². The van der Waals surface area contributed by atoms with Crippen molar-refractivity contribution in [1.29, 1.82) is 0 Å². The first-order valence-corrected chi connectivity index (χ1v) is 15.2. The summed E-state index contributed by atoms with van der Waals surface area (Å²) < 4.78 is 38.5. The Morgan fingerprint density at radius 3 is 1.64 bits per heavy atom.